The van der Waals surface area contributed by atoms with Crippen molar-refractivity contribution in [2.75, 3.05) is 5.32 Å². The van der Waals surface area contributed by atoms with E-state index in [1.165, 1.54) is 24.3 Å². The summed E-state index contributed by atoms with van der Waals surface area (Å²) in [7, 11) is 0. The fraction of sp³-hybridized carbons (Fsp3) is 0.0588. The molecule has 0 aliphatic carbocycles. The molecule has 0 unspecified atom stereocenters. The zero-order valence-electron chi connectivity index (χ0n) is 11.8. The lowest BCUT2D eigenvalue weighted by Gasteiger charge is -2.06. The maximum absolute atomic E-state index is 12.6. The predicted octanol–water partition coefficient (Wildman–Crippen LogP) is 4.23. The van der Waals surface area contributed by atoms with Crippen LogP contribution in [0.3, 0.4) is 0 Å². The molecule has 0 aliphatic heterocycles. The van der Waals surface area contributed by atoms with Gasteiger partial charge in [0, 0.05) is 11.8 Å². The summed E-state index contributed by atoms with van der Waals surface area (Å²) in [5.74, 6) is -0.502. The molecule has 0 aliphatic rings. The number of nitrogens with one attached hydrogen (secondary N) is 1. The van der Waals surface area contributed by atoms with E-state index in [0.717, 1.165) is 18.2 Å². The van der Waals surface area contributed by atoms with E-state index in [4.69, 9.17) is 5.26 Å². The van der Waals surface area contributed by atoms with Gasteiger partial charge in [-0.05, 0) is 42.0 Å². The normalized spacial score (nSPS) is 11.2. The number of benzene rings is 2. The molecule has 3 nitrogen and oxygen atoms in total. The lowest BCUT2D eigenvalue weighted by atomic mass is 10.1. The molecule has 0 aromatic heterocycles. The molecular formula is C17H11F3N2O. The van der Waals surface area contributed by atoms with Crippen molar-refractivity contribution in [1.29, 1.82) is 5.26 Å². The van der Waals surface area contributed by atoms with Crippen LogP contribution in [0, 0.1) is 11.3 Å². The van der Waals surface area contributed by atoms with Gasteiger partial charge in [0.25, 0.3) is 0 Å². The quantitative estimate of drug-likeness (QED) is 0.862. The van der Waals surface area contributed by atoms with Crippen LogP contribution in [-0.4, -0.2) is 5.91 Å². The third-order valence-corrected chi connectivity index (χ3v) is 2.90. The Morgan fingerprint density at radius 1 is 1.13 bits per heavy atom. The molecule has 0 atom stereocenters. The molecule has 0 radical (unpaired) electrons. The van der Waals surface area contributed by atoms with Crippen molar-refractivity contribution in [2.45, 2.75) is 6.18 Å². The molecule has 2 aromatic carbocycles. The summed E-state index contributed by atoms with van der Waals surface area (Å²) in [6.07, 6.45) is -2.00. The number of nitrogens with zero attached hydrogens (tertiary/aromatic N) is 1. The van der Waals surface area contributed by atoms with Crippen LogP contribution in [0.25, 0.3) is 6.08 Å². The molecular weight excluding hydrogens is 305 g/mol. The standard InChI is InChI=1S/C17H11F3N2O/c18-17(19,20)14-5-1-3-12(9-14)7-8-16(23)22-15-6-2-4-13(10-15)11-21/h1-10H,(H,22,23)/b8-7+. The molecule has 2 aromatic rings. The molecule has 0 spiro atoms. The summed E-state index contributed by atoms with van der Waals surface area (Å²) < 4.78 is 37.8. The summed E-state index contributed by atoms with van der Waals surface area (Å²) in [5.41, 5.74) is 0.315. The molecule has 116 valence electrons. The first-order valence-electron chi connectivity index (χ1n) is 6.55. The van der Waals surface area contributed by atoms with Gasteiger partial charge in [-0.3, -0.25) is 4.79 Å². The van der Waals surface area contributed by atoms with Gasteiger partial charge >= 0.3 is 6.18 Å². The van der Waals surface area contributed by atoms with E-state index in [-0.39, 0.29) is 5.56 Å². The molecule has 2 rings (SSSR count). The smallest absolute Gasteiger partial charge is 0.322 e. The highest BCUT2D eigenvalue weighted by atomic mass is 19.4. The minimum atomic E-state index is -4.43. The van der Waals surface area contributed by atoms with Crippen LogP contribution in [0.15, 0.2) is 54.6 Å². The minimum absolute atomic E-state index is 0.265. The lowest BCUT2D eigenvalue weighted by Crippen LogP contribution is -2.08. The van der Waals surface area contributed by atoms with Crippen LogP contribution < -0.4 is 5.32 Å². The number of alkyl halides is 3. The molecule has 6 heteroatoms. The number of amides is 1. The molecule has 1 N–H and O–H groups in total. The van der Waals surface area contributed by atoms with E-state index < -0.39 is 17.6 Å². The Bertz CT molecular complexity index is 789. The second kappa shape index (κ2) is 6.79. The van der Waals surface area contributed by atoms with E-state index >= 15 is 0 Å². The maximum atomic E-state index is 12.6. The Labute approximate surface area is 130 Å². The topological polar surface area (TPSA) is 52.9 Å². The van der Waals surface area contributed by atoms with E-state index in [2.05, 4.69) is 5.32 Å². The van der Waals surface area contributed by atoms with Crippen LogP contribution in [0.5, 0.6) is 0 Å². The van der Waals surface area contributed by atoms with Crippen LogP contribution in [0.4, 0.5) is 18.9 Å². The van der Waals surface area contributed by atoms with Crippen LogP contribution in [0.1, 0.15) is 16.7 Å². The van der Waals surface area contributed by atoms with Crippen LogP contribution in [-0.2, 0) is 11.0 Å². The van der Waals surface area contributed by atoms with Gasteiger partial charge in [-0.25, -0.2) is 0 Å². The molecule has 1 amide bonds. The second-order valence-corrected chi connectivity index (χ2v) is 4.64. The molecule has 23 heavy (non-hydrogen) atoms. The number of nitriles is 1. The van der Waals surface area contributed by atoms with Crippen molar-refractivity contribution < 1.29 is 18.0 Å². The van der Waals surface area contributed by atoms with Gasteiger partial charge in [0.1, 0.15) is 0 Å². The number of anilines is 1. The molecule has 0 fully saturated rings. The number of hydrogen-bond donors (Lipinski definition) is 1. The van der Waals surface area contributed by atoms with Crippen molar-refractivity contribution in [2.24, 2.45) is 0 Å². The first-order valence-corrected chi connectivity index (χ1v) is 6.55. The van der Waals surface area contributed by atoms with Gasteiger partial charge in [-0.1, -0.05) is 18.2 Å². The van der Waals surface area contributed by atoms with Gasteiger partial charge in [-0.2, -0.15) is 18.4 Å². The average molecular weight is 316 g/mol. The van der Waals surface area contributed by atoms with Crippen molar-refractivity contribution in [3.05, 3.63) is 71.3 Å². The summed E-state index contributed by atoms with van der Waals surface area (Å²) in [5, 5.41) is 11.3. The fourth-order valence-electron chi connectivity index (χ4n) is 1.84. The summed E-state index contributed by atoms with van der Waals surface area (Å²) >= 11 is 0. The predicted molar refractivity (Wildman–Crippen MR) is 80.3 cm³/mol. The largest absolute Gasteiger partial charge is 0.416 e. The SMILES string of the molecule is N#Cc1cccc(NC(=O)/C=C/c2cccc(C(F)(F)F)c2)c1. The minimum Gasteiger partial charge on any atom is -0.322 e. The Morgan fingerprint density at radius 2 is 1.87 bits per heavy atom. The first kappa shape index (κ1) is 16.3. The molecule has 0 saturated heterocycles. The number of rotatable bonds is 3. The highest BCUT2D eigenvalue weighted by molar-refractivity contribution is 6.02. The van der Waals surface area contributed by atoms with Gasteiger partial charge < -0.3 is 5.32 Å². The highest BCUT2D eigenvalue weighted by Gasteiger charge is 2.30. The Hall–Kier alpha value is -3.07. The van der Waals surface area contributed by atoms with E-state index in [1.807, 2.05) is 6.07 Å². The number of halogens is 3. The zero-order valence-corrected chi connectivity index (χ0v) is 11.8. The van der Waals surface area contributed by atoms with Crippen LogP contribution in [0.2, 0.25) is 0 Å². The van der Waals surface area contributed by atoms with Crippen LogP contribution >= 0.6 is 0 Å². The molecule has 0 heterocycles. The van der Waals surface area contributed by atoms with Crippen molar-refractivity contribution in [1.82, 2.24) is 0 Å². The first-order chi connectivity index (χ1) is 10.9. The fourth-order valence-corrected chi connectivity index (χ4v) is 1.84. The second-order valence-electron chi connectivity index (χ2n) is 4.64. The summed E-state index contributed by atoms with van der Waals surface area (Å²) in [6, 6.07) is 12.9. The molecule has 0 saturated carbocycles. The highest BCUT2D eigenvalue weighted by Crippen LogP contribution is 2.29. The Balaban J connectivity index is 2.08. The van der Waals surface area contributed by atoms with Gasteiger partial charge in [0.2, 0.25) is 5.91 Å². The third kappa shape index (κ3) is 4.71. The number of hydrogen-bond acceptors (Lipinski definition) is 2. The zero-order chi connectivity index (χ0) is 16.9. The van der Waals surface area contributed by atoms with E-state index in [9.17, 15) is 18.0 Å². The number of carbonyl (C=O) groups excluding carboxylic acids is 1. The monoisotopic (exact) mass is 316 g/mol. The van der Waals surface area contributed by atoms with E-state index in [0.29, 0.717) is 11.3 Å². The van der Waals surface area contributed by atoms with Crippen molar-refractivity contribution in [3.63, 3.8) is 0 Å². The van der Waals surface area contributed by atoms with Gasteiger partial charge in [-0.15, -0.1) is 0 Å². The third-order valence-electron chi connectivity index (χ3n) is 2.90. The summed E-state index contributed by atoms with van der Waals surface area (Å²) in [4.78, 5) is 11.8. The van der Waals surface area contributed by atoms with Crippen molar-refractivity contribution in [3.8, 4) is 6.07 Å². The maximum Gasteiger partial charge on any atom is 0.416 e. The van der Waals surface area contributed by atoms with Gasteiger partial charge in [0.15, 0.2) is 0 Å². The lowest BCUT2D eigenvalue weighted by molar-refractivity contribution is -0.137. The van der Waals surface area contributed by atoms with E-state index in [1.54, 1.807) is 18.2 Å². The Morgan fingerprint density at radius 3 is 2.57 bits per heavy atom. The van der Waals surface area contributed by atoms with Crippen molar-refractivity contribution >= 4 is 17.7 Å². The molecule has 0 bridgehead atoms. The number of carbonyl (C=O) groups is 1. The Kier molecular flexibility index (Phi) is 4.82. The van der Waals surface area contributed by atoms with Gasteiger partial charge in [0.05, 0.1) is 17.2 Å². The average Bonchev–Trinajstić information content (AvgIpc) is 2.52. The summed E-state index contributed by atoms with van der Waals surface area (Å²) in [6.45, 7) is 0.